The second-order valence-electron chi connectivity index (χ2n) is 6.93. The Morgan fingerprint density at radius 1 is 1.07 bits per heavy atom. The van der Waals surface area contributed by atoms with Crippen LogP contribution in [0.4, 0.5) is 0 Å². The highest BCUT2D eigenvalue weighted by Gasteiger charge is 2.28. The van der Waals surface area contributed by atoms with Crippen molar-refractivity contribution in [1.82, 2.24) is 9.62 Å². The minimum absolute atomic E-state index is 0.0974. The third kappa shape index (κ3) is 4.15. The molecule has 1 saturated heterocycles. The summed E-state index contributed by atoms with van der Waals surface area (Å²) in [5.41, 5.74) is 0.534. The number of likely N-dealkylation sites (tertiary alicyclic amines) is 1. The molecular weight excluding hydrogens is 396 g/mol. The predicted molar refractivity (Wildman–Crippen MR) is 105 cm³/mol. The van der Waals surface area contributed by atoms with E-state index in [9.17, 15) is 13.2 Å². The predicted octanol–water partition coefficient (Wildman–Crippen LogP) is 2.01. The van der Waals surface area contributed by atoms with Crippen LogP contribution >= 0.6 is 0 Å². The highest BCUT2D eigenvalue weighted by molar-refractivity contribution is 7.89. The maximum Gasteiger partial charge on any atom is 0.253 e. The number of carbonyl (C=O) groups is 1. The van der Waals surface area contributed by atoms with Gasteiger partial charge in [0.1, 0.15) is 5.75 Å². The van der Waals surface area contributed by atoms with Crippen molar-refractivity contribution in [2.45, 2.75) is 23.8 Å². The van der Waals surface area contributed by atoms with Gasteiger partial charge in [-0.1, -0.05) is 0 Å². The van der Waals surface area contributed by atoms with Gasteiger partial charge < -0.3 is 19.1 Å². The number of ether oxygens (including phenoxy) is 3. The van der Waals surface area contributed by atoms with Crippen molar-refractivity contribution >= 4 is 15.9 Å². The lowest BCUT2D eigenvalue weighted by atomic mass is 10.0. The Bertz CT molecular complexity index is 998. The highest BCUT2D eigenvalue weighted by Crippen LogP contribution is 2.33. The fourth-order valence-corrected chi connectivity index (χ4v) is 4.76. The van der Waals surface area contributed by atoms with E-state index in [1.807, 2.05) is 0 Å². The molecule has 2 aliphatic heterocycles. The van der Waals surface area contributed by atoms with Gasteiger partial charge in [-0.2, -0.15) is 0 Å². The standard InChI is InChI=1S/C20H22N2O6S/c1-26-16-3-5-17(6-4-16)29(24,25)21-15-8-10-22(11-9-15)20(23)14-2-7-18-19(12-14)28-13-27-18/h2-7,12,15,21H,8-11,13H2,1H3. The molecule has 1 fully saturated rings. The van der Waals surface area contributed by atoms with Gasteiger partial charge in [-0.15, -0.1) is 0 Å². The molecule has 4 rings (SSSR count). The van der Waals surface area contributed by atoms with Crippen LogP contribution in [0.15, 0.2) is 47.4 Å². The number of sulfonamides is 1. The summed E-state index contributed by atoms with van der Waals surface area (Å²) in [5, 5.41) is 0. The largest absolute Gasteiger partial charge is 0.497 e. The van der Waals surface area contributed by atoms with E-state index < -0.39 is 10.0 Å². The first-order chi connectivity index (χ1) is 14.0. The molecule has 154 valence electrons. The van der Waals surface area contributed by atoms with Gasteiger partial charge in [-0.3, -0.25) is 4.79 Å². The van der Waals surface area contributed by atoms with Crippen molar-refractivity contribution in [3.8, 4) is 17.2 Å². The van der Waals surface area contributed by atoms with Gasteiger partial charge in [0.25, 0.3) is 5.91 Å². The molecule has 8 nitrogen and oxygen atoms in total. The average Bonchev–Trinajstić information content (AvgIpc) is 3.21. The normalized spacial score (nSPS) is 16.7. The molecule has 0 saturated carbocycles. The summed E-state index contributed by atoms with van der Waals surface area (Å²) in [7, 11) is -2.09. The molecule has 0 bridgehead atoms. The zero-order chi connectivity index (χ0) is 20.4. The van der Waals surface area contributed by atoms with Gasteiger partial charge in [0.05, 0.1) is 12.0 Å². The highest BCUT2D eigenvalue weighted by atomic mass is 32.2. The lowest BCUT2D eigenvalue weighted by Crippen LogP contribution is -2.46. The molecule has 29 heavy (non-hydrogen) atoms. The van der Waals surface area contributed by atoms with Gasteiger partial charge in [-0.25, -0.2) is 13.1 Å². The van der Waals surface area contributed by atoms with Crippen LogP contribution in [0.25, 0.3) is 0 Å². The molecule has 0 aliphatic carbocycles. The van der Waals surface area contributed by atoms with E-state index in [1.54, 1.807) is 35.2 Å². The number of nitrogens with one attached hydrogen (secondary N) is 1. The average molecular weight is 418 g/mol. The van der Waals surface area contributed by atoms with Crippen molar-refractivity contribution in [1.29, 1.82) is 0 Å². The van der Waals surface area contributed by atoms with E-state index in [2.05, 4.69) is 4.72 Å². The number of fused-ring (bicyclic) bond motifs is 1. The minimum atomic E-state index is -3.62. The van der Waals surface area contributed by atoms with Crippen LogP contribution in [0.2, 0.25) is 0 Å². The van der Waals surface area contributed by atoms with Crippen LogP contribution in [0.3, 0.4) is 0 Å². The number of hydrogen-bond donors (Lipinski definition) is 1. The molecule has 0 aromatic heterocycles. The number of piperidine rings is 1. The van der Waals surface area contributed by atoms with E-state index >= 15 is 0 Å². The minimum Gasteiger partial charge on any atom is -0.497 e. The molecule has 1 amide bonds. The third-order valence-electron chi connectivity index (χ3n) is 5.09. The molecule has 0 spiro atoms. The van der Waals surface area contributed by atoms with Crippen LogP contribution in [0, 0.1) is 0 Å². The van der Waals surface area contributed by atoms with Gasteiger partial charge in [0.2, 0.25) is 16.8 Å². The number of hydrogen-bond acceptors (Lipinski definition) is 6. The summed E-state index contributed by atoms with van der Waals surface area (Å²) in [6, 6.07) is 11.2. The topological polar surface area (TPSA) is 94.2 Å². The van der Waals surface area contributed by atoms with Crippen LogP contribution in [0.1, 0.15) is 23.2 Å². The quantitative estimate of drug-likeness (QED) is 0.798. The molecule has 2 aromatic carbocycles. The number of rotatable bonds is 5. The molecule has 9 heteroatoms. The SMILES string of the molecule is COc1ccc(S(=O)(=O)NC2CCN(C(=O)c3ccc4c(c3)OCO4)CC2)cc1. The Labute approximate surface area is 169 Å². The molecule has 0 radical (unpaired) electrons. The van der Waals surface area contributed by atoms with Gasteiger partial charge >= 0.3 is 0 Å². The third-order valence-corrected chi connectivity index (χ3v) is 6.63. The van der Waals surface area contributed by atoms with Crippen LogP contribution in [-0.4, -0.2) is 52.3 Å². The summed E-state index contributed by atoms with van der Waals surface area (Å²) < 4.78 is 43.6. The first kappa shape index (κ1) is 19.5. The Morgan fingerprint density at radius 2 is 1.76 bits per heavy atom. The lowest BCUT2D eigenvalue weighted by Gasteiger charge is -2.32. The van der Waals surface area contributed by atoms with E-state index in [1.165, 1.54) is 19.2 Å². The first-order valence-corrected chi connectivity index (χ1v) is 10.8. The second kappa shape index (κ2) is 7.92. The second-order valence-corrected chi connectivity index (χ2v) is 8.65. The maximum atomic E-state index is 12.8. The molecular formula is C20H22N2O6S. The fraction of sp³-hybridized carbons (Fsp3) is 0.350. The summed E-state index contributed by atoms with van der Waals surface area (Å²) >= 11 is 0. The molecule has 2 aromatic rings. The lowest BCUT2D eigenvalue weighted by molar-refractivity contribution is 0.0711. The van der Waals surface area contributed by atoms with Crippen LogP contribution in [0.5, 0.6) is 17.2 Å². The van der Waals surface area contributed by atoms with Crippen molar-refractivity contribution in [2.24, 2.45) is 0 Å². The van der Waals surface area contributed by atoms with Crippen LogP contribution < -0.4 is 18.9 Å². The number of amides is 1. The molecule has 0 unspecified atom stereocenters. The Hall–Kier alpha value is -2.78. The number of nitrogens with zero attached hydrogens (tertiary/aromatic N) is 1. The smallest absolute Gasteiger partial charge is 0.253 e. The van der Waals surface area contributed by atoms with Crippen molar-refractivity contribution in [3.63, 3.8) is 0 Å². The number of carbonyl (C=O) groups excluding carboxylic acids is 1. The monoisotopic (exact) mass is 418 g/mol. The van der Waals surface area contributed by atoms with E-state index in [0.29, 0.717) is 48.7 Å². The summed E-state index contributed by atoms with van der Waals surface area (Å²) in [6.07, 6.45) is 1.09. The maximum absolute atomic E-state index is 12.8. The Balaban J connectivity index is 1.35. The van der Waals surface area contributed by atoms with Crippen LogP contribution in [-0.2, 0) is 10.0 Å². The van der Waals surface area contributed by atoms with E-state index in [4.69, 9.17) is 14.2 Å². The van der Waals surface area contributed by atoms with Crippen molar-refractivity contribution in [2.75, 3.05) is 27.0 Å². The summed E-state index contributed by atoms with van der Waals surface area (Å²) in [6.45, 7) is 1.11. The number of benzene rings is 2. The molecule has 2 aliphatic rings. The zero-order valence-electron chi connectivity index (χ0n) is 16.0. The Kier molecular flexibility index (Phi) is 5.33. The number of methoxy groups -OCH3 is 1. The van der Waals surface area contributed by atoms with E-state index in [-0.39, 0.29) is 23.6 Å². The van der Waals surface area contributed by atoms with Gasteiger partial charge in [0, 0.05) is 24.7 Å². The Morgan fingerprint density at radius 3 is 2.45 bits per heavy atom. The summed E-state index contributed by atoms with van der Waals surface area (Å²) in [4.78, 5) is 14.7. The van der Waals surface area contributed by atoms with Crippen molar-refractivity contribution < 1.29 is 27.4 Å². The fourth-order valence-electron chi connectivity index (χ4n) is 3.45. The molecule has 0 atom stereocenters. The first-order valence-electron chi connectivity index (χ1n) is 9.31. The van der Waals surface area contributed by atoms with Gasteiger partial charge in [0.15, 0.2) is 11.5 Å². The molecule has 2 heterocycles. The van der Waals surface area contributed by atoms with Crippen molar-refractivity contribution in [3.05, 3.63) is 48.0 Å². The van der Waals surface area contributed by atoms with E-state index in [0.717, 1.165) is 0 Å². The zero-order valence-corrected chi connectivity index (χ0v) is 16.8. The van der Waals surface area contributed by atoms with Gasteiger partial charge in [-0.05, 0) is 55.3 Å². The molecule has 1 N–H and O–H groups in total. The summed E-state index contributed by atoms with van der Waals surface area (Å²) in [5.74, 6) is 1.70.